The average molecular weight is 312 g/mol. The molecule has 0 spiro atoms. The van der Waals surface area contributed by atoms with E-state index in [0.717, 1.165) is 17.8 Å². The molecule has 2 nitrogen and oxygen atoms in total. The SMILES string of the molecule is Cc1cccc(N2N=C(c3ccccc3)C[C@@H]2c2ccccc2)c1. The molecule has 1 heterocycles. The lowest BCUT2D eigenvalue weighted by atomic mass is 9.98. The molecule has 2 heteroatoms. The summed E-state index contributed by atoms with van der Waals surface area (Å²) in [6, 6.07) is 29.9. The fourth-order valence-corrected chi connectivity index (χ4v) is 3.26. The summed E-state index contributed by atoms with van der Waals surface area (Å²) in [4.78, 5) is 0. The third-order valence-electron chi connectivity index (χ3n) is 4.47. The van der Waals surface area contributed by atoms with Gasteiger partial charge < -0.3 is 0 Å². The Hall–Kier alpha value is -2.87. The monoisotopic (exact) mass is 312 g/mol. The quantitative estimate of drug-likeness (QED) is 0.636. The maximum Gasteiger partial charge on any atom is 0.0831 e. The molecule has 0 fully saturated rings. The van der Waals surface area contributed by atoms with Crippen molar-refractivity contribution >= 4 is 11.4 Å². The minimum absolute atomic E-state index is 0.239. The first-order valence-corrected chi connectivity index (χ1v) is 8.35. The number of hydrogen-bond donors (Lipinski definition) is 0. The summed E-state index contributed by atoms with van der Waals surface area (Å²) in [6.07, 6.45) is 0.919. The van der Waals surface area contributed by atoms with Crippen LogP contribution in [0.1, 0.15) is 29.2 Å². The van der Waals surface area contributed by atoms with Gasteiger partial charge in [-0.15, -0.1) is 0 Å². The summed E-state index contributed by atoms with van der Waals surface area (Å²) >= 11 is 0. The molecule has 0 aromatic heterocycles. The Bertz CT molecular complexity index is 853. The molecular weight excluding hydrogens is 292 g/mol. The van der Waals surface area contributed by atoms with Crippen molar-refractivity contribution in [3.63, 3.8) is 0 Å². The summed E-state index contributed by atoms with van der Waals surface area (Å²) in [5, 5.41) is 7.15. The Morgan fingerprint density at radius 3 is 2.25 bits per heavy atom. The minimum atomic E-state index is 0.239. The van der Waals surface area contributed by atoms with E-state index in [4.69, 9.17) is 5.10 Å². The Labute approximate surface area is 143 Å². The lowest BCUT2D eigenvalue weighted by Crippen LogP contribution is -2.18. The standard InChI is InChI=1S/C22H20N2/c1-17-9-8-14-20(15-17)24-22(19-12-6-3-7-13-19)16-21(23-24)18-10-4-2-5-11-18/h2-15,22H,16H2,1H3/t22-/m1/s1. The third-order valence-corrected chi connectivity index (χ3v) is 4.47. The molecule has 1 aliphatic heterocycles. The lowest BCUT2D eigenvalue weighted by molar-refractivity contribution is 0.708. The van der Waals surface area contributed by atoms with Crippen LogP contribution >= 0.6 is 0 Å². The maximum atomic E-state index is 4.98. The van der Waals surface area contributed by atoms with E-state index < -0.39 is 0 Å². The van der Waals surface area contributed by atoms with Crippen LogP contribution in [0.25, 0.3) is 0 Å². The molecule has 3 aromatic rings. The van der Waals surface area contributed by atoms with Crippen molar-refractivity contribution in [2.45, 2.75) is 19.4 Å². The van der Waals surface area contributed by atoms with Gasteiger partial charge in [0.05, 0.1) is 17.4 Å². The predicted octanol–water partition coefficient (Wildman–Crippen LogP) is 5.35. The summed E-state index contributed by atoms with van der Waals surface area (Å²) in [5.41, 5.74) is 6.05. The van der Waals surface area contributed by atoms with Gasteiger partial charge in [-0.1, -0.05) is 72.8 Å². The molecule has 1 aliphatic rings. The fourth-order valence-electron chi connectivity index (χ4n) is 3.26. The van der Waals surface area contributed by atoms with Crippen LogP contribution in [0.3, 0.4) is 0 Å². The third kappa shape index (κ3) is 2.83. The van der Waals surface area contributed by atoms with E-state index in [2.05, 4.69) is 90.8 Å². The summed E-state index contributed by atoms with van der Waals surface area (Å²) in [7, 11) is 0. The van der Waals surface area contributed by atoms with Crippen LogP contribution in [0, 0.1) is 6.92 Å². The van der Waals surface area contributed by atoms with Gasteiger partial charge in [0.25, 0.3) is 0 Å². The van der Waals surface area contributed by atoms with Crippen molar-refractivity contribution < 1.29 is 0 Å². The van der Waals surface area contributed by atoms with Crippen molar-refractivity contribution in [1.29, 1.82) is 0 Å². The number of benzene rings is 3. The van der Waals surface area contributed by atoms with Gasteiger partial charge in [-0.3, -0.25) is 5.01 Å². The Morgan fingerprint density at radius 1 is 0.833 bits per heavy atom. The first kappa shape index (κ1) is 14.7. The minimum Gasteiger partial charge on any atom is -0.257 e. The second-order valence-electron chi connectivity index (χ2n) is 6.23. The van der Waals surface area contributed by atoms with Crippen LogP contribution in [-0.4, -0.2) is 5.71 Å². The first-order chi connectivity index (χ1) is 11.8. The zero-order chi connectivity index (χ0) is 16.4. The van der Waals surface area contributed by atoms with E-state index >= 15 is 0 Å². The Morgan fingerprint density at radius 2 is 1.54 bits per heavy atom. The molecule has 0 aliphatic carbocycles. The number of hydrazone groups is 1. The number of nitrogens with zero attached hydrogens (tertiary/aromatic N) is 2. The number of rotatable bonds is 3. The van der Waals surface area contributed by atoms with Crippen LogP contribution in [0.15, 0.2) is 90.0 Å². The van der Waals surface area contributed by atoms with Gasteiger partial charge in [-0.05, 0) is 35.7 Å². The van der Waals surface area contributed by atoms with Gasteiger partial charge in [-0.25, -0.2) is 0 Å². The van der Waals surface area contributed by atoms with E-state index in [1.807, 2.05) is 6.07 Å². The number of aryl methyl sites for hydroxylation is 1. The first-order valence-electron chi connectivity index (χ1n) is 8.35. The molecule has 0 saturated heterocycles. The Balaban J connectivity index is 1.77. The molecule has 0 radical (unpaired) electrons. The Kier molecular flexibility index (Phi) is 3.87. The van der Waals surface area contributed by atoms with Gasteiger partial charge in [0.2, 0.25) is 0 Å². The fraction of sp³-hybridized carbons (Fsp3) is 0.136. The molecule has 0 N–H and O–H groups in total. The molecule has 118 valence electrons. The second-order valence-corrected chi connectivity index (χ2v) is 6.23. The highest BCUT2D eigenvalue weighted by atomic mass is 15.5. The molecule has 4 rings (SSSR count). The normalized spacial score (nSPS) is 17.0. The molecule has 0 amide bonds. The summed E-state index contributed by atoms with van der Waals surface area (Å²) < 4.78 is 0. The summed E-state index contributed by atoms with van der Waals surface area (Å²) in [6.45, 7) is 2.12. The second kappa shape index (κ2) is 6.32. The van der Waals surface area contributed by atoms with Crippen LogP contribution in [0.4, 0.5) is 5.69 Å². The van der Waals surface area contributed by atoms with Gasteiger partial charge in [0.15, 0.2) is 0 Å². The predicted molar refractivity (Wildman–Crippen MR) is 100 cm³/mol. The molecule has 0 saturated carbocycles. The van der Waals surface area contributed by atoms with Crippen LogP contribution < -0.4 is 5.01 Å². The zero-order valence-electron chi connectivity index (χ0n) is 13.8. The number of hydrogen-bond acceptors (Lipinski definition) is 2. The zero-order valence-corrected chi connectivity index (χ0v) is 13.8. The smallest absolute Gasteiger partial charge is 0.0831 e. The van der Waals surface area contributed by atoms with Crippen molar-refractivity contribution in [3.05, 3.63) is 102 Å². The van der Waals surface area contributed by atoms with Crippen molar-refractivity contribution in [2.75, 3.05) is 5.01 Å². The number of anilines is 1. The van der Waals surface area contributed by atoms with E-state index in [-0.39, 0.29) is 6.04 Å². The summed E-state index contributed by atoms with van der Waals surface area (Å²) in [5.74, 6) is 0. The van der Waals surface area contributed by atoms with Crippen LogP contribution in [-0.2, 0) is 0 Å². The molecule has 3 aromatic carbocycles. The van der Waals surface area contributed by atoms with Gasteiger partial charge in [0, 0.05) is 6.42 Å². The van der Waals surface area contributed by atoms with Crippen LogP contribution in [0.5, 0.6) is 0 Å². The molecule has 0 bridgehead atoms. The van der Waals surface area contributed by atoms with Crippen LogP contribution in [0.2, 0.25) is 0 Å². The van der Waals surface area contributed by atoms with Gasteiger partial charge in [-0.2, -0.15) is 5.10 Å². The molecular formula is C22H20N2. The van der Waals surface area contributed by atoms with Crippen molar-refractivity contribution in [1.82, 2.24) is 0 Å². The van der Waals surface area contributed by atoms with Gasteiger partial charge >= 0.3 is 0 Å². The molecule has 24 heavy (non-hydrogen) atoms. The average Bonchev–Trinajstić information content (AvgIpc) is 3.09. The van der Waals surface area contributed by atoms with Gasteiger partial charge in [0.1, 0.15) is 0 Å². The largest absolute Gasteiger partial charge is 0.257 e. The van der Waals surface area contributed by atoms with Crippen molar-refractivity contribution in [3.8, 4) is 0 Å². The highest BCUT2D eigenvalue weighted by molar-refractivity contribution is 6.03. The van der Waals surface area contributed by atoms with E-state index in [1.165, 1.54) is 16.7 Å². The van der Waals surface area contributed by atoms with E-state index in [0.29, 0.717) is 0 Å². The topological polar surface area (TPSA) is 15.6 Å². The van der Waals surface area contributed by atoms with E-state index in [1.54, 1.807) is 0 Å². The lowest BCUT2D eigenvalue weighted by Gasteiger charge is -2.24. The highest BCUT2D eigenvalue weighted by Crippen LogP contribution is 2.36. The molecule has 1 atom stereocenters. The van der Waals surface area contributed by atoms with E-state index in [9.17, 15) is 0 Å². The molecule has 0 unspecified atom stereocenters. The highest BCUT2D eigenvalue weighted by Gasteiger charge is 2.29. The maximum absolute atomic E-state index is 4.98. The van der Waals surface area contributed by atoms with Crippen molar-refractivity contribution in [2.24, 2.45) is 5.10 Å².